The molecule has 0 amide bonds. The van der Waals surface area contributed by atoms with E-state index < -0.39 is 0 Å². The summed E-state index contributed by atoms with van der Waals surface area (Å²) in [5.41, 5.74) is 2.60. The van der Waals surface area contributed by atoms with E-state index >= 15 is 0 Å². The minimum atomic E-state index is 0. The highest BCUT2D eigenvalue weighted by atomic mass is 35.5. The lowest BCUT2D eigenvalue weighted by Gasteiger charge is -2.11. The number of fused-ring (bicyclic) bond motifs is 2. The van der Waals surface area contributed by atoms with Crippen LogP contribution in [0.15, 0.2) is 24.4 Å². The van der Waals surface area contributed by atoms with Crippen LogP contribution < -0.4 is 5.32 Å². The van der Waals surface area contributed by atoms with E-state index in [4.69, 9.17) is 11.6 Å². The van der Waals surface area contributed by atoms with Crippen LogP contribution in [0, 0.1) is 0 Å². The van der Waals surface area contributed by atoms with Crippen LogP contribution in [0.25, 0.3) is 5.57 Å². The number of nitrogens with zero attached hydrogens (tertiary/aromatic N) is 1. The average molecular weight is 243 g/mol. The number of rotatable bonds is 1. The number of hydrogen-bond acceptors (Lipinski definition) is 2. The Balaban J connectivity index is 0.000000853. The molecular weight excluding hydrogens is 231 g/mol. The molecule has 0 spiro atoms. The van der Waals surface area contributed by atoms with Crippen molar-refractivity contribution < 1.29 is 0 Å². The van der Waals surface area contributed by atoms with Crippen molar-refractivity contribution in [2.75, 3.05) is 0 Å². The smallest absolute Gasteiger partial charge is 0.129 e. The van der Waals surface area contributed by atoms with Crippen LogP contribution in [0.3, 0.4) is 0 Å². The van der Waals surface area contributed by atoms with Gasteiger partial charge in [-0.2, -0.15) is 0 Å². The summed E-state index contributed by atoms with van der Waals surface area (Å²) in [7, 11) is 0. The van der Waals surface area contributed by atoms with Gasteiger partial charge in [-0.3, -0.25) is 0 Å². The summed E-state index contributed by atoms with van der Waals surface area (Å²) in [5.74, 6) is 0. The van der Waals surface area contributed by atoms with Crippen molar-refractivity contribution in [3.8, 4) is 0 Å². The molecule has 0 aliphatic carbocycles. The zero-order valence-electron chi connectivity index (χ0n) is 8.11. The average Bonchev–Trinajstić information content (AvgIpc) is 2.80. The molecule has 1 aromatic heterocycles. The third kappa shape index (κ3) is 1.89. The normalized spacial score (nSPS) is 27.4. The first kappa shape index (κ1) is 10.9. The summed E-state index contributed by atoms with van der Waals surface area (Å²) in [6.07, 6.45) is 6.70. The molecule has 2 nitrogen and oxygen atoms in total. The number of aromatic nitrogens is 1. The first-order valence-corrected chi connectivity index (χ1v) is 5.30. The molecule has 2 aliphatic rings. The van der Waals surface area contributed by atoms with Crippen LogP contribution in [0.5, 0.6) is 0 Å². The van der Waals surface area contributed by atoms with Gasteiger partial charge in [0.1, 0.15) is 5.15 Å². The van der Waals surface area contributed by atoms with Crippen molar-refractivity contribution in [2.24, 2.45) is 0 Å². The highest BCUT2D eigenvalue weighted by Gasteiger charge is 2.32. The predicted octanol–water partition coefficient (Wildman–Crippen LogP) is 2.67. The van der Waals surface area contributed by atoms with Gasteiger partial charge in [0, 0.05) is 18.3 Å². The largest absolute Gasteiger partial charge is 0.304 e. The highest BCUT2D eigenvalue weighted by Crippen LogP contribution is 2.33. The zero-order chi connectivity index (χ0) is 9.54. The molecule has 0 radical (unpaired) electrons. The van der Waals surface area contributed by atoms with Gasteiger partial charge >= 0.3 is 0 Å². The fraction of sp³-hybridized carbons (Fsp3) is 0.364. The van der Waals surface area contributed by atoms with Gasteiger partial charge in [0.15, 0.2) is 0 Å². The molecular formula is C11H12Cl2N2. The molecule has 80 valence electrons. The second-order valence-electron chi connectivity index (χ2n) is 3.89. The van der Waals surface area contributed by atoms with Gasteiger partial charge in [-0.15, -0.1) is 12.4 Å². The Kier molecular flexibility index (Phi) is 3.01. The maximum Gasteiger partial charge on any atom is 0.129 e. The number of halogens is 2. The quantitative estimate of drug-likeness (QED) is 0.767. The number of pyridine rings is 1. The van der Waals surface area contributed by atoms with Crippen LogP contribution in [0.2, 0.25) is 5.15 Å². The Morgan fingerprint density at radius 2 is 2.20 bits per heavy atom. The van der Waals surface area contributed by atoms with E-state index in [9.17, 15) is 0 Å². The van der Waals surface area contributed by atoms with E-state index in [0.717, 1.165) is 0 Å². The fourth-order valence-corrected chi connectivity index (χ4v) is 2.44. The summed E-state index contributed by atoms with van der Waals surface area (Å²) >= 11 is 5.75. The third-order valence-electron chi connectivity index (χ3n) is 3.00. The lowest BCUT2D eigenvalue weighted by Crippen LogP contribution is -2.21. The van der Waals surface area contributed by atoms with Crippen LogP contribution in [-0.2, 0) is 0 Å². The van der Waals surface area contributed by atoms with E-state index in [1.807, 2.05) is 18.3 Å². The second kappa shape index (κ2) is 4.12. The lowest BCUT2D eigenvalue weighted by molar-refractivity contribution is 0.721. The molecule has 1 N–H and O–H groups in total. The highest BCUT2D eigenvalue weighted by molar-refractivity contribution is 6.29. The molecule has 3 heterocycles. The summed E-state index contributed by atoms with van der Waals surface area (Å²) in [6.45, 7) is 0. The summed E-state index contributed by atoms with van der Waals surface area (Å²) in [5, 5.41) is 4.10. The van der Waals surface area contributed by atoms with E-state index in [-0.39, 0.29) is 12.4 Å². The molecule has 0 saturated carbocycles. The minimum Gasteiger partial charge on any atom is -0.304 e. The Bertz CT molecular complexity index is 386. The first-order valence-electron chi connectivity index (χ1n) is 4.92. The Labute approximate surface area is 100 Å². The van der Waals surface area contributed by atoms with Gasteiger partial charge < -0.3 is 5.32 Å². The molecule has 15 heavy (non-hydrogen) atoms. The topological polar surface area (TPSA) is 24.9 Å². The van der Waals surface area contributed by atoms with Crippen molar-refractivity contribution in [3.05, 3.63) is 35.1 Å². The molecule has 0 aromatic carbocycles. The Morgan fingerprint density at radius 3 is 2.73 bits per heavy atom. The van der Waals surface area contributed by atoms with Gasteiger partial charge in [0.05, 0.1) is 0 Å². The van der Waals surface area contributed by atoms with E-state index in [1.54, 1.807) is 0 Å². The van der Waals surface area contributed by atoms with Gasteiger partial charge in [-0.1, -0.05) is 23.7 Å². The Morgan fingerprint density at radius 1 is 1.33 bits per heavy atom. The molecule has 3 rings (SSSR count). The minimum absolute atomic E-state index is 0. The molecule has 1 saturated heterocycles. The molecule has 2 unspecified atom stereocenters. The molecule has 1 fully saturated rings. The summed E-state index contributed by atoms with van der Waals surface area (Å²) in [6, 6.07) is 5.03. The van der Waals surface area contributed by atoms with Gasteiger partial charge in [0.2, 0.25) is 0 Å². The molecule has 2 aliphatic heterocycles. The van der Waals surface area contributed by atoms with Gasteiger partial charge in [-0.25, -0.2) is 4.98 Å². The van der Waals surface area contributed by atoms with Crippen LogP contribution in [0.4, 0.5) is 0 Å². The number of nitrogens with one attached hydrogen (secondary N) is 1. The standard InChI is InChI=1S/C11H11ClN2.ClH/c12-11-4-1-7(6-13-11)9-5-8-2-3-10(9)14-8;/h1,4-6,8,10,14H,2-3H2;1H. The molecule has 2 atom stereocenters. The third-order valence-corrected chi connectivity index (χ3v) is 3.22. The van der Waals surface area contributed by atoms with Crippen LogP contribution in [-0.4, -0.2) is 17.1 Å². The van der Waals surface area contributed by atoms with E-state index in [2.05, 4.69) is 16.4 Å². The van der Waals surface area contributed by atoms with Crippen molar-refractivity contribution >= 4 is 29.6 Å². The lowest BCUT2D eigenvalue weighted by atomic mass is 9.94. The SMILES string of the molecule is Cl.Clc1ccc(C2=CC3CCC2N3)cn1. The zero-order valence-corrected chi connectivity index (χ0v) is 9.68. The maximum atomic E-state index is 5.75. The predicted molar refractivity (Wildman–Crippen MR) is 64.4 cm³/mol. The van der Waals surface area contributed by atoms with Crippen molar-refractivity contribution in [2.45, 2.75) is 24.9 Å². The van der Waals surface area contributed by atoms with E-state index in [0.29, 0.717) is 17.2 Å². The summed E-state index contributed by atoms with van der Waals surface area (Å²) < 4.78 is 0. The Hall–Kier alpha value is -0.570. The van der Waals surface area contributed by atoms with Gasteiger partial charge in [0.25, 0.3) is 0 Å². The monoisotopic (exact) mass is 242 g/mol. The fourth-order valence-electron chi connectivity index (χ4n) is 2.32. The first-order chi connectivity index (χ1) is 6.83. The van der Waals surface area contributed by atoms with Crippen molar-refractivity contribution in [3.63, 3.8) is 0 Å². The summed E-state index contributed by atoms with van der Waals surface area (Å²) in [4.78, 5) is 4.10. The molecule has 4 heteroatoms. The van der Waals surface area contributed by atoms with Crippen LogP contribution >= 0.6 is 24.0 Å². The number of hydrogen-bond donors (Lipinski definition) is 1. The molecule has 2 bridgehead atoms. The van der Waals surface area contributed by atoms with Crippen molar-refractivity contribution in [1.29, 1.82) is 0 Å². The van der Waals surface area contributed by atoms with E-state index in [1.165, 1.54) is 24.0 Å². The van der Waals surface area contributed by atoms with Gasteiger partial charge in [-0.05, 0) is 30.0 Å². The van der Waals surface area contributed by atoms with Crippen LogP contribution in [0.1, 0.15) is 18.4 Å². The van der Waals surface area contributed by atoms with Crippen molar-refractivity contribution in [1.82, 2.24) is 10.3 Å². The molecule has 1 aromatic rings. The second-order valence-corrected chi connectivity index (χ2v) is 4.28. The maximum absolute atomic E-state index is 5.75.